The third-order valence-electron chi connectivity index (χ3n) is 9.68. The summed E-state index contributed by atoms with van der Waals surface area (Å²) >= 11 is 0. The van der Waals surface area contributed by atoms with Gasteiger partial charge < -0.3 is 29.0 Å². The van der Waals surface area contributed by atoms with Crippen LogP contribution in [0.4, 0.5) is 10.1 Å². The molecule has 2 aliphatic heterocycles. The van der Waals surface area contributed by atoms with Gasteiger partial charge in [-0.3, -0.25) is 14.5 Å². The first-order valence-corrected chi connectivity index (χ1v) is 16.8. The molecule has 1 N–H and O–H groups in total. The normalized spacial score (nSPS) is 18.7. The molecule has 0 aliphatic carbocycles. The Morgan fingerprint density at radius 3 is 2.42 bits per heavy atom. The van der Waals surface area contributed by atoms with E-state index in [1.165, 1.54) is 6.07 Å². The molecule has 0 radical (unpaired) electrons. The van der Waals surface area contributed by atoms with Crippen LogP contribution in [-0.2, 0) is 16.0 Å². The number of likely N-dealkylation sites (tertiary alicyclic amines) is 1. The monoisotopic (exact) mass is 662 g/mol. The van der Waals surface area contributed by atoms with E-state index in [-0.39, 0.29) is 31.1 Å². The van der Waals surface area contributed by atoms with Crippen molar-refractivity contribution in [1.82, 2.24) is 4.90 Å². The van der Waals surface area contributed by atoms with E-state index in [2.05, 4.69) is 13.8 Å². The fourth-order valence-corrected chi connectivity index (χ4v) is 7.42. The summed E-state index contributed by atoms with van der Waals surface area (Å²) in [6, 6.07) is 15.7. The maximum atomic E-state index is 14.5. The number of benzene rings is 3. The molecule has 1 fully saturated rings. The predicted molar refractivity (Wildman–Crippen MR) is 182 cm³/mol. The summed E-state index contributed by atoms with van der Waals surface area (Å²) in [5.74, 6) is -0.448. The van der Waals surface area contributed by atoms with E-state index >= 15 is 0 Å². The van der Waals surface area contributed by atoms with Crippen LogP contribution in [0.5, 0.6) is 23.0 Å². The molecular formula is C38H47FN2O7. The minimum atomic E-state index is -0.933. The van der Waals surface area contributed by atoms with Crippen LogP contribution in [0.3, 0.4) is 0 Å². The highest BCUT2D eigenvalue weighted by molar-refractivity contribution is 5.95. The number of nitrogens with zero attached hydrogens (tertiary/aromatic N) is 2. The number of hydrogen-bond donors (Lipinski definition) is 1. The van der Waals surface area contributed by atoms with Gasteiger partial charge in [-0.05, 0) is 85.7 Å². The Bertz CT molecular complexity index is 1590. The molecule has 258 valence electrons. The zero-order valence-electron chi connectivity index (χ0n) is 28.5. The van der Waals surface area contributed by atoms with E-state index in [4.69, 9.17) is 18.9 Å². The smallest absolute Gasteiger partial charge is 0.308 e. The summed E-state index contributed by atoms with van der Waals surface area (Å²) in [4.78, 5) is 31.6. The van der Waals surface area contributed by atoms with Gasteiger partial charge in [0, 0.05) is 30.2 Å². The molecule has 5 rings (SSSR count). The number of ether oxygens (including phenoxy) is 4. The molecule has 3 aromatic rings. The van der Waals surface area contributed by atoms with Crippen molar-refractivity contribution in [2.24, 2.45) is 5.92 Å². The zero-order chi connectivity index (χ0) is 34.4. The predicted octanol–water partition coefficient (Wildman–Crippen LogP) is 6.98. The van der Waals surface area contributed by atoms with Gasteiger partial charge in [0.05, 0.1) is 26.7 Å². The van der Waals surface area contributed by atoms with Gasteiger partial charge in [0.1, 0.15) is 11.6 Å². The molecule has 3 aromatic carbocycles. The van der Waals surface area contributed by atoms with Crippen molar-refractivity contribution in [2.45, 2.75) is 77.3 Å². The van der Waals surface area contributed by atoms with Crippen molar-refractivity contribution in [3.8, 4) is 23.0 Å². The summed E-state index contributed by atoms with van der Waals surface area (Å²) in [5, 5.41) is 10.8. The first kappa shape index (κ1) is 35.0. The van der Waals surface area contributed by atoms with Gasteiger partial charge in [0.25, 0.3) is 0 Å². The Morgan fingerprint density at radius 1 is 1.02 bits per heavy atom. The second-order valence-electron chi connectivity index (χ2n) is 12.7. The Balaban J connectivity index is 1.53. The minimum Gasteiger partial charge on any atom is -0.496 e. The molecule has 1 saturated heterocycles. The lowest BCUT2D eigenvalue weighted by atomic mass is 9.83. The van der Waals surface area contributed by atoms with E-state index in [0.717, 1.165) is 42.6 Å². The fraction of sp³-hybridized carbons (Fsp3) is 0.474. The maximum Gasteiger partial charge on any atom is 0.308 e. The number of aliphatic carboxylic acids is 1. The van der Waals surface area contributed by atoms with Crippen molar-refractivity contribution in [2.75, 3.05) is 39.0 Å². The number of halogens is 1. The van der Waals surface area contributed by atoms with Crippen LogP contribution >= 0.6 is 0 Å². The Labute approximate surface area is 282 Å². The van der Waals surface area contributed by atoms with E-state index in [1.807, 2.05) is 46.2 Å². The molecule has 10 heteroatoms. The number of carbonyl (C=O) groups is 2. The fourth-order valence-electron chi connectivity index (χ4n) is 7.42. The number of anilines is 1. The highest BCUT2D eigenvalue weighted by atomic mass is 19.1. The summed E-state index contributed by atoms with van der Waals surface area (Å²) in [5.41, 5.74) is 2.85. The summed E-state index contributed by atoms with van der Waals surface area (Å²) in [7, 11) is 3.16. The van der Waals surface area contributed by atoms with Gasteiger partial charge >= 0.3 is 5.97 Å². The first-order valence-electron chi connectivity index (χ1n) is 16.8. The molecule has 3 unspecified atom stereocenters. The van der Waals surface area contributed by atoms with Gasteiger partial charge in [-0.1, -0.05) is 44.9 Å². The molecule has 9 nitrogen and oxygen atoms in total. The number of amides is 1. The van der Waals surface area contributed by atoms with Crippen molar-refractivity contribution in [1.29, 1.82) is 0 Å². The largest absolute Gasteiger partial charge is 0.496 e. The van der Waals surface area contributed by atoms with Crippen molar-refractivity contribution >= 4 is 17.6 Å². The van der Waals surface area contributed by atoms with Crippen LogP contribution in [-0.4, -0.2) is 68.1 Å². The van der Waals surface area contributed by atoms with Crippen molar-refractivity contribution in [3.63, 3.8) is 0 Å². The van der Waals surface area contributed by atoms with E-state index in [1.54, 1.807) is 33.3 Å². The highest BCUT2D eigenvalue weighted by Gasteiger charge is 2.48. The topological polar surface area (TPSA) is 97.8 Å². The first-order chi connectivity index (χ1) is 23.2. The average molecular weight is 663 g/mol. The van der Waals surface area contributed by atoms with Crippen LogP contribution in [0.25, 0.3) is 0 Å². The molecular weight excluding hydrogens is 615 g/mol. The number of para-hydroxylation sites is 1. The van der Waals surface area contributed by atoms with Gasteiger partial charge in [-0.15, -0.1) is 0 Å². The second-order valence-corrected chi connectivity index (χ2v) is 12.7. The summed E-state index contributed by atoms with van der Waals surface area (Å²) in [6.45, 7) is 6.30. The van der Waals surface area contributed by atoms with Crippen LogP contribution in [0.1, 0.15) is 68.6 Å². The molecule has 1 amide bonds. The van der Waals surface area contributed by atoms with Crippen LogP contribution in [0.15, 0.2) is 54.6 Å². The third-order valence-corrected chi connectivity index (χ3v) is 9.68. The number of aryl methyl sites for hydroxylation is 2. The number of carboxylic acid groups (broad SMARTS) is 1. The molecule has 3 atom stereocenters. The van der Waals surface area contributed by atoms with Crippen LogP contribution in [0, 0.1) is 18.7 Å². The van der Waals surface area contributed by atoms with Crippen molar-refractivity contribution in [3.05, 3.63) is 77.1 Å². The standard InChI is InChI=1S/C38H47FN2O7/c1-6-10-27(11-7-2)41(28-15-16-30(39)24(3)18-28)35(42)22-40-21-29(26-19-33(46-5)37-34(20-26)47-23-48-37)36(38(43)44)31(40)17-14-25-12-8-9-13-32(25)45-4/h8-9,12-13,15-16,18-20,27,29,31,36H,6-7,10-11,14,17,21-23H2,1-5H3,(H,43,44). The second kappa shape index (κ2) is 15.7. The number of rotatable bonds is 15. The molecule has 0 spiro atoms. The number of hydrogen-bond acceptors (Lipinski definition) is 7. The molecule has 48 heavy (non-hydrogen) atoms. The van der Waals surface area contributed by atoms with Gasteiger partial charge in [-0.2, -0.15) is 0 Å². The number of carboxylic acids is 1. The van der Waals surface area contributed by atoms with Gasteiger partial charge in [-0.25, -0.2) is 4.39 Å². The third kappa shape index (κ3) is 7.38. The summed E-state index contributed by atoms with van der Waals surface area (Å²) in [6.07, 6.45) is 4.42. The van der Waals surface area contributed by atoms with E-state index < -0.39 is 23.8 Å². The molecule has 2 heterocycles. The van der Waals surface area contributed by atoms with Gasteiger partial charge in [0.15, 0.2) is 11.5 Å². The number of fused-ring (bicyclic) bond motifs is 1. The molecule has 0 aromatic heterocycles. The van der Waals surface area contributed by atoms with Gasteiger partial charge in [0.2, 0.25) is 18.4 Å². The average Bonchev–Trinajstić information content (AvgIpc) is 3.70. The highest BCUT2D eigenvalue weighted by Crippen LogP contribution is 2.47. The number of methoxy groups -OCH3 is 2. The lowest BCUT2D eigenvalue weighted by molar-refractivity contribution is -0.143. The lowest BCUT2D eigenvalue weighted by Crippen LogP contribution is -2.48. The molecule has 2 aliphatic rings. The Morgan fingerprint density at radius 2 is 1.75 bits per heavy atom. The molecule has 0 bridgehead atoms. The van der Waals surface area contributed by atoms with Crippen molar-refractivity contribution < 1.29 is 38.0 Å². The van der Waals surface area contributed by atoms with E-state index in [9.17, 15) is 19.1 Å². The number of carbonyl (C=O) groups excluding carboxylic acids is 1. The lowest BCUT2D eigenvalue weighted by Gasteiger charge is -2.35. The maximum absolute atomic E-state index is 14.5. The molecule has 0 saturated carbocycles. The Hall–Kier alpha value is -4.31. The van der Waals surface area contributed by atoms with E-state index in [0.29, 0.717) is 47.9 Å². The minimum absolute atomic E-state index is 0.0128. The Kier molecular flexibility index (Phi) is 11.5. The van der Waals surface area contributed by atoms with Crippen LogP contribution in [0.2, 0.25) is 0 Å². The quantitative estimate of drug-likeness (QED) is 0.186. The van der Waals surface area contributed by atoms with Crippen LogP contribution < -0.4 is 23.8 Å². The SMILES string of the molecule is CCCC(CCC)N(C(=O)CN1CC(c2cc(OC)c3c(c2)OCO3)C(C(=O)O)C1CCc1ccccc1OC)c1ccc(F)c(C)c1. The summed E-state index contributed by atoms with van der Waals surface area (Å²) < 4.78 is 36.9. The zero-order valence-corrected chi connectivity index (χ0v) is 28.5.